The zero-order valence-electron chi connectivity index (χ0n) is 10.8. The molecule has 0 saturated heterocycles. The normalized spacial score (nSPS) is 12.6. The van der Waals surface area contributed by atoms with Gasteiger partial charge < -0.3 is 4.74 Å². The molecule has 0 saturated carbocycles. The number of hydrogen-bond donors (Lipinski definition) is 0. The summed E-state index contributed by atoms with van der Waals surface area (Å²) in [5, 5.41) is 17.4. The number of nitriles is 2. The van der Waals surface area contributed by atoms with Gasteiger partial charge in [0.15, 0.2) is 0 Å². The summed E-state index contributed by atoms with van der Waals surface area (Å²) >= 11 is 0. The van der Waals surface area contributed by atoms with E-state index in [1.165, 1.54) is 12.1 Å². The van der Waals surface area contributed by atoms with Crippen LogP contribution in [0.25, 0.3) is 0 Å². The molecule has 1 unspecified atom stereocenters. The average molecular weight is 282 g/mol. The molecule has 0 aliphatic heterocycles. The number of rotatable bonds is 5. The van der Waals surface area contributed by atoms with Gasteiger partial charge in [0.1, 0.15) is 11.7 Å². The van der Waals surface area contributed by atoms with Crippen molar-refractivity contribution in [1.29, 1.82) is 10.5 Å². The Kier molecular flexibility index (Phi) is 5.40. The molecule has 106 valence electrons. The molecular formula is C14H13F3N2O. The maximum atomic E-state index is 12.0. The lowest BCUT2D eigenvalue weighted by Gasteiger charge is -2.12. The summed E-state index contributed by atoms with van der Waals surface area (Å²) in [4.78, 5) is 0. The number of hydrogen-bond acceptors (Lipinski definition) is 3. The van der Waals surface area contributed by atoms with Gasteiger partial charge in [0.2, 0.25) is 0 Å². The van der Waals surface area contributed by atoms with Gasteiger partial charge in [-0.05, 0) is 36.5 Å². The smallest absolute Gasteiger partial charge is 0.406 e. The standard InChI is InChI=1S/C14H13F3N2O/c1-10(7-12(8-18)9-19)6-11-2-4-13(5-3-11)20-14(15,16)17/h2-5,10,12H,6-7H2,1H3. The van der Waals surface area contributed by atoms with E-state index in [0.717, 1.165) is 5.56 Å². The van der Waals surface area contributed by atoms with Gasteiger partial charge in [0.05, 0.1) is 12.1 Å². The van der Waals surface area contributed by atoms with Gasteiger partial charge in [-0.1, -0.05) is 19.1 Å². The fraction of sp³-hybridized carbons (Fsp3) is 0.429. The summed E-state index contributed by atoms with van der Waals surface area (Å²) in [6.07, 6.45) is -3.67. The monoisotopic (exact) mass is 282 g/mol. The van der Waals surface area contributed by atoms with Crippen LogP contribution in [-0.4, -0.2) is 6.36 Å². The molecule has 0 aliphatic rings. The lowest BCUT2D eigenvalue weighted by atomic mass is 9.92. The maximum Gasteiger partial charge on any atom is 0.573 e. The second kappa shape index (κ2) is 6.81. The third-order valence-corrected chi connectivity index (χ3v) is 2.69. The minimum Gasteiger partial charge on any atom is -0.406 e. The van der Waals surface area contributed by atoms with Crippen molar-refractivity contribution in [2.45, 2.75) is 26.1 Å². The number of halogens is 3. The van der Waals surface area contributed by atoms with Crippen molar-refractivity contribution in [2.75, 3.05) is 0 Å². The van der Waals surface area contributed by atoms with Gasteiger partial charge >= 0.3 is 6.36 Å². The third-order valence-electron chi connectivity index (χ3n) is 2.69. The van der Waals surface area contributed by atoms with Crippen LogP contribution in [0.15, 0.2) is 24.3 Å². The van der Waals surface area contributed by atoms with Crippen LogP contribution in [0.4, 0.5) is 13.2 Å². The Morgan fingerprint density at radius 3 is 2.15 bits per heavy atom. The van der Waals surface area contributed by atoms with Gasteiger partial charge in [0.25, 0.3) is 0 Å². The first-order valence-corrected chi connectivity index (χ1v) is 5.98. The minimum atomic E-state index is -4.69. The molecule has 0 radical (unpaired) electrons. The molecule has 3 nitrogen and oxygen atoms in total. The van der Waals surface area contributed by atoms with Crippen LogP contribution in [0.3, 0.4) is 0 Å². The Balaban J connectivity index is 2.58. The van der Waals surface area contributed by atoms with Crippen molar-refractivity contribution in [3.8, 4) is 17.9 Å². The molecule has 1 rings (SSSR count). The van der Waals surface area contributed by atoms with E-state index in [-0.39, 0.29) is 11.7 Å². The highest BCUT2D eigenvalue weighted by molar-refractivity contribution is 5.27. The third kappa shape index (κ3) is 5.62. The maximum absolute atomic E-state index is 12.0. The first kappa shape index (κ1) is 15.8. The molecule has 0 amide bonds. The molecular weight excluding hydrogens is 269 g/mol. The minimum absolute atomic E-state index is 0.0914. The first-order valence-electron chi connectivity index (χ1n) is 5.98. The fourth-order valence-corrected chi connectivity index (χ4v) is 1.85. The summed E-state index contributed by atoms with van der Waals surface area (Å²) < 4.78 is 39.7. The quantitative estimate of drug-likeness (QED) is 0.825. The van der Waals surface area contributed by atoms with Gasteiger partial charge in [-0.15, -0.1) is 13.2 Å². The van der Waals surface area contributed by atoms with Crippen molar-refractivity contribution >= 4 is 0 Å². The van der Waals surface area contributed by atoms with E-state index in [4.69, 9.17) is 10.5 Å². The second-order valence-electron chi connectivity index (χ2n) is 4.55. The second-order valence-corrected chi connectivity index (χ2v) is 4.55. The van der Waals surface area contributed by atoms with Crippen molar-refractivity contribution in [2.24, 2.45) is 11.8 Å². The van der Waals surface area contributed by atoms with Gasteiger partial charge in [-0.3, -0.25) is 0 Å². The highest BCUT2D eigenvalue weighted by Gasteiger charge is 2.30. The van der Waals surface area contributed by atoms with Crippen molar-refractivity contribution in [3.05, 3.63) is 29.8 Å². The fourth-order valence-electron chi connectivity index (χ4n) is 1.85. The number of benzene rings is 1. The van der Waals surface area contributed by atoms with Crippen LogP contribution in [-0.2, 0) is 6.42 Å². The lowest BCUT2D eigenvalue weighted by molar-refractivity contribution is -0.274. The first-order chi connectivity index (χ1) is 9.34. The van der Waals surface area contributed by atoms with Gasteiger partial charge in [-0.25, -0.2) is 0 Å². The lowest BCUT2D eigenvalue weighted by Crippen LogP contribution is -2.17. The molecule has 0 bridgehead atoms. The highest BCUT2D eigenvalue weighted by atomic mass is 19.4. The zero-order valence-corrected chi connectivity index (χ0v) is 10.8. The summed E-state index contributed by atoms with van der Waals surface area (Å²) in [5.74, 6) is -0.827. The molecule has 0 aliphatic carbocycles. The van der Waals surface area contributed by atoms with Crippen LogP contribution in [0.2, 0.25) is 0 Å². The largest absolute Gasteiger partial charge is 0.573 e. The van der Waals surface area contributed by atoms with E-state index in [1.54, 1.807) is 12.1 Å². The Morgan fingerprint density at radius 2 is 1.70 bits per heavy atom. The Morgan fingerprint density at radius 1 is 1.15 bits per heavy atom. The number of ether oxygens (including phenoxy) is 1. The predicted octanol–water partition coefficient (Wildman–Crippen LogP) is 3.82. The summed E-state index contributed by atoms with van der Waals surface area (Å²) in [7, 11) is 0. The predicted molar refractivity (Wildman–Crippen MR) is 65.3 cm³/mol. The SMILES string of the molecule is CC(Cc1ccc(OC(F)(F)F)cc1)CC(C#N)C#N. The topological polar surface area (TPSA) is 56.8 Å². The Bertz CT molecular complexity index is 497. The van der Waals surface area contributed by atoms with Crippen molar-refractivity contribution < 1.29 is 17.9 Å². The van der Waals surface area contributed by atoms with E-state index in [1.807, 2.05) is 19.1 Å². The van der Waals surface area contributed by atoms with E-state index in [0.29, 0.717) is 12.8 Å². The molecule has 6 heteroatoms. The summed E-state index contributed by atoms with van der Waals surface area (Å²) in [5.41, 5.74) is 0.835. The molecule has 0 heterocycles. The van der Waals surface area contributed by atoms with Crippen LogP contribution in [0.1, 0.15) is 18.9 Å². The van der Waals surface area contributed by atoms with Crippen LogP contribution >= 0.6 is 0 Å². The van der Waals surface area contributed by atoms with Gasteiger partial charge in [-0.2, -0.15) is 10.5 Å². The van der Waals surface area contributed by atoms with Gasteiger partial charge in [0, 0.05) is 0 Å². The van der Waals surface area contributed by atoms with Crippen molar-refractivity contribution in [3.63, 3.8) is 0 Å². The van der Waals surface area contributed by atoms with Crippen LogP contribution in [0.5, 0.6) is 5.75 Å². The van der Waals surface area contributed by atoms with Crippen LogP contribution in [0, 0.1) is 34.5 Å². The van der Waals surface area contributed by atoms with E-state index in [2.05, 4.69) is 4.74 Å². The zero-order chi connectivity index (χ0) is 15.2. The molecule has 0 N–H and O–H groups in total. The average Bonchev–Trinajstić information content (AvgIpc) is 2.36. The molecule has 0 spiro atoms. The molecule has 1 atom stereocenters. The molecule has 0 fully saturated rings. The van der Waals surface area contributed by atoms with E-state index < -0.39 is 12.3 Å². The molecule has 20 heavy (non-hydrogen) atoms. The van der Waals surface area contributed by atoms with Crippen LogP contribution < -0.4 is 4.74 Å². The highest BCUT2D eigenvalue weighted by Crippen LogP contribution is 2.24. The Labute approximate surface area is 115 Å². The van der Waals surface area contributed by atoms with E-state index >= 15 is 0 Å². The number of alkyl halides is 3. The summed E-state index contributed by atoms with van der Waals surface area (Å²) in [6.45, 7) is 1.89. The van der Waals surface area contributed by atoms with Crippen molar-refractivity contribution in [1.82, 2.24) is 0 Å². The summed E-state index contributed by atoms with van der Waals surface area (Å²) in [6, 6.07) is 9.39. The molecule has 0 aromatic heterocycles. The Hall–Kier alpha value is -2.21. The van der Waals surface area contributed by atoms with E-state index in [9.17, 15) is 13.2 Å². The molecule has 1 aromatic rings. The molecule has 1 aromatic carbocycles. The number of nitrogens with zero attached hydrogens (tertiary/aromatic N) is 2.